The van der Waals surface area contributed by atoms with E-state index >= 15 is 0 Å². The summed E-state index contributed by atoms with van der Waals surface area (Å²) >= 11 is 3.56. The van der Waals surface area contributed by atoms with E-state index < -0.39 is 5.60 Å². The Hall–Kier alpha value is -2.42. The van der Waals surface area contributed by atoms with Crippen LogP contribution in [0.1, 0.15) is 55.1 Å². The van der Waals surface area contributed by atoms with Crippen molar-refractivity contribution in [2.45, 2.75) is 51.2 Å². The molecule has 0 aliphatic carbocycles. The number of ether oxygens (including phenoxy) is 3. The van der Waals surface area contributed by atoms with Crippen molar-refractivity contribution >= 4 is 27.9 Å². The second-order valence-corrected chi connectivity index (χ2v) is 11.8. The number of benzene rings is 2. The number of carbonyl (C=O) groups is 2. The molecule has 2 heterocycles. The third kappa shape index (κ3) is 7.33. The van der Waals surface area contributed by atoms with Crippen LogP contribution in [0.5, 0.6) is 0 Å². The van der Waals surface area contributed by atoms with Crippen LogP contribution in [0.2, 0.25) is 0 Å². The Morgan fingerprint density at radius 3 is 2.30 bits per heavy atom. The first-order chi connectivity index (χ1) is 17.7. The maximum atomic E-state index is 13.0. The summed E-state index contributed by atoms with van der Waals surface area (Å²) in [6, 6.07) is 16.2. The number of nitrogens with zero attached hydrogens (tertiary/aromatic N) is 2. The molecule has 0 spiro atoms. The molecule has 2 amide bonds. The summed E-state index contributed by atoms with van der Waals surface area (Å²) in [6.45, 7) is 10.2. The van der Waals surface area contributed by atoms with Gasteiger partial charge in [0.2, 0.25) is 0 Å². The number of amides is 2. The minimum absolute atomic E-state index is 0.0149. The number of carbonyl (C=O) groups excluding carboxylic acids is 2. The molecule has 7 nitrogen and oxygen atoms in total. The Bertz CT molecular complexity index is 1070. The predicted molar refractivity (Wildman–Crippen MR) is 146 cm³/mol. The molecule has 0 aromatic heterocycles. The zero-order valence-electron chi connectivity index (χ0n) is 22.0. The van der Waals surface area contributed by atoms with E-state index in [-0.39, 0.29) is 17.4 Å². The van der Waals surface area contributed by atoms with Crippen LogP contribution < -0.4 is 0 Å². The third-order valence-corrected chi connectivity index (χ3v) is 7.37. The topological polar surface area (TPSA) is 68.3 Å². The quantitative estimate of drug-likeness (QED) is 0.463. The van der Waals surface area contributed by atoms with Crippen molar-refractivity contribution in [3.8, 4) is 0 Å². The molecule has 2 aromatic rings. The molecule has 37 heavy (non-hydrogen) atoms. The molecule has 0 bridgehead atoms. The summed E-state index contributed by atoms with van der Waals surface area (Å²) in [6.07, 6.45) is 1.31. The molecule has 8 heteroatoms. The first kappa shape index (κ1) is 27.6. The average molecular weight is 574 g/mol. The van der Waals surface area contributed by atoms with Gasteiger partial charge in [-0.05, 0) is 62.9 Å². The van der Waals surface area contributed by atoms with Gasteiger partial charge in [-0.2, -0.15) is 0 Å². The highest BCUT2D eigenvalue weighted by Gasteiger charge is 2.38. The van der Waals surface area contributed by atoms with E-state index in [1.165, 1.54) is 5.56 Å². The fourth-order valence-electron chi connectivity index (χ4n) is 4.92. The Labute approximate surface area is 228 Å². The molecule has 2 fully saturated rings. The lowest BCUT2D eigenvalue weighted by Gasteiger charge is -2.42. The Kier molecular flexibility index (Phi) is 8.93. The van der Waals surface area contributed by atoms with E-state index in [0.717, 1.165) is 22.9 Å². The normalized spacial score (nSPS) is 17.9. The molecule has 2 saturated heterocycles. The molecule has 200 valence electrons. The van der Waals surface area contributed by atoms with E-state index in [0.29, 0.717) is 58.2 Å². The maximum absolute atomic E-state index is 13.0. The Morgan fingerprint density at radius 1 is 0.973 bits per heavy atom. The zero-order valence-corrected chi connectivity index (χ0v) is 23.6. The zero-order chi connectivity index (χ0) is 26.5. The van der Waals surface area contributed by atoms with E-state index in [9.17, 15) is 9.59 Å². The molecule has 2 aromatic carbocycles. The second-order valence-electron chi connectivity index (χ2n) is 10.9. The van der Waals surface area contributed by atoms with Crippen LogP contribution in [0, 0.1) is 0 Å². The van der Waals surface area contributed by atoms with Gasteiger partial charge in [0.05, 0.1) is 26.4 Å². The van der Waals surface area contributed by atoms with E-state index in [1.54, 1.807) is 4.90 Å². The lowest BCUT2D eigenvalue weighted by molar-refractivity contribution is 0.00330. The number of hydrogen-bond acceptors (Lipinski definition) is 5. The van der Waals surface area contributed by atoms with Crippen LogP contribution in [0.3, 0.4) is 0 Å². The predicted octanol–water partition coefficient (Wildman–Crippen LogP) is 5.41. The smallest absolute Gasteiger partial charge is 0.410 e. The number of piperidine rings is 1. The highest BCUT2D eigenvalue weighted by molar-refractivity contribution is 9.10. The number of hydrogen-bond donors (Lipinski definition) is 0. The highest BCUT2D eigenvalue weighted by atomic mass is 79.9. The van der Waals surface area contributed by atoms with Crippen LogP contribution in [0.4, 0.5) is 4.79 Å². The maximum Gasteiger partial charge on any atom is 0.410 e. The fourth-order valence-corrected chi connectivity index (χ4v) is 5.46. The molecule has 0 saturated carbocycles. The summed E-state index contributed by atoms with van der Waals surface area (Å²) in [5.74, 6) is 0.0149. The van der Waals surface area contributed by atoms with Crippen LogP contribution in [0.15, 0.2) is 53.0 Å². The minimum atomic E-state index is -0.514. The van der Waals surface area contributed by atoms with Gasteiger partial charge in [-0.1, -0.05) is 46.3 Å². The molecular weight excluding hydrogens is 536 g/mol. The number of likely N-dealkylation sites (tertiary alicyclic amines) is 1. The van der Waals surface area contributed by atoms with Gasteiger partial charge in [-0.15, -0.1) is 0 Å². The number of rotatable bonds is 6. The van der Waals surface area contributed by atoms with Crippen molar-refractivity contribution in [2.24, 2.45) is 0 Å². The third-order valence-electron chi connectivity index (χ3n) is 6.91. The Balaban J connectivity index is 1.43. The largest absolute Gasteiger partial charge is 0.444 e. The summed E-state index contributed by atoms with van der Waals surface area (Å²) in [5.41, 5.74) is 2.10. The van der Waals surface area contributed by atoms with Gasteiger partial charge in [0, 0.05) is 41.6 Å². The Morgan fingerprint density at radius 2 is 1.65 bits per heavy atom. The van der Waals surface area contributed by atoms with E-state index in [1.807, 2.05) is 49.9 Å². The van der Waals surface area contributed by atoms with Crippen LogP contribution in [0.25, 0.3) is 0 Å². The summed E-state index contributed by atoms with van der Waals surface area (Å²) in [4.78, 5) is 29.3. The van der Waals surface area contributed by atoms with Gasteiger partial charge in [0.1, 0.15) is 5.60 Å². The van der Waals surface area contributed by atoms with Crippen molar-refractivity contribution in [1.82, 2.24) is 9.80 Å². The lowest BCUT2D eigenvalue weighted by Crippen LogP contribution is -2.48. The van der Waals surface area contributed by atoms with E-state index in [2.05, 4.69) is 40.2 Å². The summed E-state index contributed by atoms with van der Waals surface area (Å²) < 4.78 is 18.2. The molecule has 0 N–H and O–H groups in total. The standard InChI is InChI=1S/C29H37BrN2O5/c1-28(2,3)37-27(34)32-11-9-29(10-12-32,24-7-5-4-6-8-24)21-36-20-22-17-23(19-25(30)18-22)26(33)31-13-15-35-16-14-31/h4-8,17-19H,9-16,20-21H2,1-3H3. The average Bonchev–Trinajstić information content (AvgIpc) is 2.88. The van der Waals surface area contributed by atoms with Gasteiger partial charge >= 0.3 is 6.09 Å². The van der Waals surface area contributed by atoms with Gasteiger partial charge < -0.3 is 24.0 Å². The van der Waals surface area contributed by atoms with Gasteiger partial charge in [-0.25, -0.2) is 4.79 Å². The van der Waals surface area contributed by atoms with Crippen molar-refractivity contribution < 1.29 is 23.8 Å². The van der Waals surface area contributed by atoms with Gasteiger partial charge in [0.15, 0.2) is 0 Å². The van der Waals surface area contributed by atoms with E-state index in [4.69, 9.17) is 14.2 Å². The van der Waals surface area contributed by atoms with Crippen molar-refractivity contribution in [3.05, 3.63) is 69.7 Å². The molecule has 2 aliphatic rings. The van der Waals surface area contributed by atoms with Crippen molar-refractivity contribution in [1.29, 1.82) is 0 Å². The number of halogens is 1. The molecular formula is C29H37BrN2O5. The molecule has 0 unspecified atom stereocenters. The van der Waals surface area contributed by atoms with Crippen LogP contribution >= 0.6 is 15.9 Å². The fraction of sp³-hybridized carbons (Fsp3) is 0.517. The van der Waals surface area contributed by atoms with Gasteiger partial charge in [0.25, 0.3) is 5.91 Å². The van der Waals surface area contributed by atoms with Crippen molar-refractivity contribution in [3.63, 3.8) is 0 Å². The van der Waals surface area contributed by atoms with Gasteiger partial charge in [-0.3, -0.25) is 4.79 Å². The molecule has 0 radical (unpaired) electrons. The molecule has 0 atom stereocenters. The highest BCUT2D eigenvalue weighted by Crippen LogP contribution is 2.36. The molecule has 2 aliphatic heterocycles. The first-order valence-corrected chi connectivity index (χ1v) is 13.7. The van der Waals surface area contributed by atoms with Crippen LogP contribution in [-0.4, -0.2) is 73.4 Å². The number of morpholine rings is 1. The summed E-state index contributed by atoms with van der Waals surface area (Å²) in [7, 11) is 0. The SMILES string of the molecule is CC(C)(C)OC(=O)N1CCC(COCc2cc(Br)cc(C(=O)N3CCOCC3)c2)(c2ccccc2)CC1. The molecule has 4 rings (SSSR count). The lowest BCUT2D eigenvalue weighted by atomic mass is 9.73. The first-order valence-electron chi connectivity index (χ1n) is 12.9. The van der Waals surface area contributed by atoms with Crippen LogP contribution in [-0.2, 0) is 26.2 Å². The monoisotopic (exact) mass is 572 g/mol. The second kappa shape index (κ2) is 12.0. The minimum Gasteiger partial charge on any atom is -0.444 e. The summed E-state index contributed by atoms with van der Waals surface area (Å²) in [5, 5.41) is 0. The van der Waals surface area contributed by atoms with Crippen molar-refractivity contribution in [2.75, 3.05) is 46.0 Å².